The van der Waals surface area contributed by atoms with Crippen LogP contribution in [0.2, 0.25) is 0 Å². The third-order valence-corrected chi connectivity index (χ3v) is 5.34. The largest absolute Gasteiger partial charge is 0.495 e. The van der Waals surface area contributed by atoms with Gasteiger partial charge in [-0.05, 0) is 61.0 Å². The quantitative estimate of drug-likeness (QED) is 0.610. The molecule has 0 aromatic heterocycles. The van der Waals surface area contributed by atoms with Crippen LogP contribution in [-0.4, -0.2) is 25.5 Å². The van der Waals surface area contributed by atoms with E-state index in [1.807, 2.05) is 79.7 Å². The predicted molar refractivity (Wildman–Crippen MR) is 123 cm³/mol. The van der Waals surface area contributed by atoms with Crippen LogP contribution in [0.3, 0.4) is 0 Å². The van der Waals surface area contributed by atoms with Crippen molar-refractivity contribution >= 4 is 34.6 Å². The first-order valence-electron chi connectivity index (χ1n) is 10.2. The molecular weight excluding hydrogens is 390 g/mol. The Morgan fingerprint density at radius 2 is 1.65 bits per heavy atom. The van der Waals surface area contributed by atoms with Crippen LogP contribution in [0.5, 0.6) is 5.75 Å². The maximum absolute atomic E-state index is 12.8. The summed E-state index contributed by atoms with van der Waals surface area (Å²) in [5.41, 5.74) is 4.36. The summed E-state index contributed by atoms with van der Waals surface area (Å²) in [5.74, 6) is -0.0287. The molecule has 2 amide bonds. The van der Waals surface area contributed by atoms with Crippen LogP contribution in [0.1, 0.15) is 12.0 Å². The summed E-state index contributed by atoms with van der Waals surface area (Å²) in [7, 11) is 1.58. The van der Waals surface area contributed by atoms with Gasteiger partial charge in [0.25, 0.3) is 0 Å². The smallest absolute Gasteiger partial charge is 0.229 e. The molecule has 1 unspecified atom stereocenters. The number of amides is 2. The molecule has 1 aliphatic rings. The number of rotatable bonds is 6. The predicted octanol–water partition coefficient (Wildman–Crippen LogP) is 4.74. The Labute approximate surface area is 181 Å². The zero-order valence-corrected chi connectivity index (χ0v) is 17.6. The zero-order chi connectivity index (χ0) is 21.8. The number of benzene rings is 3. The molecule has 158 valence electrons. The number of para-hydroxylation sites is 1. The third-order valence-electron chi connectivity index (χ3n) is 5.34. The van der Waals surface area contributed by atoms with Crippen LogP contribution in [0.4, 0.5) is 22.7 Å². The molecule has 1 fully saturated rings. The highest BCUT2D eigenvalue weighted by molar-refractivity contribution is 6.04. The molecule has 0 bridgehead atoms. The summed E-state index contributed by atoms with van der Waals surface area (Å²) in [6.45, 7) is 2.29. The van der Waals surface area contributed by atoms with E-state index in [2.05, 4.69) is 10.6 Å². The maximum atomic E-state index is 12.8. The van der Waals surface area contributed by atoms with Gasteiger partial charge in [0.15, 0.2) is 0 Å². The number of carbonyl (C=O) groups excluding carboxylic acids is 2. The van der Waals surface area contributed by atoms with Crippen molar-refractivity contribution in [2.75, 3.05) is 29.2 Å². The van der Waals surface area contributed by atoms with E-state index in [-0.39, 0.29) is 18.2 Å². The number of aryl methyl sites for hydroxylation is 1. The minimum absolute atomic E-state index is 0.0774. The highest BCUT2D eigenvalue weighted by atomic mass is 16.5. The number of carbonyl (C=O) groups is 2. The molecule has 1 atom stereocenters. The van der Waals surface area contributed by atoms with Gasteiger partial charge in [0.2, 0.25) is 11.8 Å². The number of hydrogen-bond donors (Lipinski definition) is 2. The Morgan fingerprint density at radius 1 is 0.968 bits per heavy atom. The first-order chi connectivity index (χ1) is 15.0. The number of nitrogens with zero attached hydrogens (tertiary/aromatic N) is 1. The van der Waals surface area contributed by atoms with E-state index in [9.17, 15) is 9.59 Å². The van der Waals surface area contributed by atoms with Gasteiger partial charge in [-0.25, -0.2) is 0 Å². The lowest BCUT2D eigenvalue weighted by Gasteiger charge is -2.20. The van der Waals surface area contributed by atoms with Crippen LogP contribution < -0.4 is 20.3 Å². The van der Waals surface area contributed by atoms with Crippen molar-refractivity contribution in [1.82, 2.24) is 0 Å². The first kappa shape index (κ1) is 20.5. The van der Waals surface area contributed by atoms with Gasteiger partial charge in [0, 0.05) is 30.0 Å². The lowest BCUT2D eigenvalue weighted by molar-refractivity contribution is -0.122. The van der Waals surface area contributed by atoms with Gasteiger partial charge in [-0.3, -0.25) is 9.59 Å². The Bertz CT molecular complexity index is 1080. The molecule has 1 saturated heterocycles. The second-order valence-corrected chi connectivity index (χ2v) is 7.64. The van der Waals surface area contributed by atoms with Crippen LogP contribution >= 0.6 is 0 Å². The monoisotopic (exact) mass is 415 g/mol. The van der Waals surface area contributed by atoms with Crippen LogP contribution in [0.25, 0.3) is 0 Å². The summed E-state index contributed by atoms with van der Waals surface area (Å²) in [5, 5.41) is 6.24. The van der Waals surface area contributed by atoms with Gasteiger partial charge in [0.1, 0.15) is 5.75 Å². The van der Waals surface area contributed by atoms with Crippen molar-refractivity contribution in [3.8, 4) is 5.75 Å². The number of methoxy groups -OCH3 is 1. The van der Waals surface area contributed by atoms with Crippen molar-refractivity contribution in [1.29, 1.82) is 0 Å². The maximum Gasteiger partial charge on any atom is 0.229 e. The van der Waals surface area contributed by atoms with E-state index in [0.717, 1.165) is 16.9 Å². The summed E-state index contributed by atoms with van der Waals surface area (Å²) >= 11 is 0. The second kappa shape index (κ2) is 8.92. The summed E-state index contributed by atoms with van der Waals surface area (Å²) < 4.78 is 5.41. The van der Waals surface area contributed by atoms with Crippen molar-refractivity contribution in [2.24, 2.45) is 5.92 Å². The molecule has 1 heterocycles. The fourth-order valence-corrected chi connectivity index (χ4v) is 3.70. The van der Waals surface area contributed by atoms with Crippen LogP contribution in [0, 0.1) is 12.8 Å². The van der Waals surface area contributed by atoms with E-state index in [4.69, 9.17) is 4.74 Å². The van der Waals surface area contributed by atoms with Gasteiger partial charge >= 0.3 is 0 Å². The van der Waals surface area contributed by atoms with E-state index >= 15 is 0 Å². The van der Waals surface area contributed by atoms with Crippen molar-refractivity contribution < 1.29 is 14.3 Å². The molecule has 0 saturated carbocycles. The lowest BCUT2D eigenvalue weighted by atomic mass is 10.1. The van der Waals surface area contributed by atoms with Crippen molar-refractivity contribution in [2.45, 2.75) is 13.3 Å². The fraction of sp³-hybridized carbons (Fsp3) is 0.200. The van der Waals surface area contributed by atoms with Crippen LogP contribution in [-0.2, 0) is 9.59 Å². The Balaban J connectivity index is 1.40. The average Bonchev–Trinajstić information content (AvgIpc) is 3.17. The molecule has 0 radical (unpaired) electrons. The zero-order valence-electron chi connectivity index (χ0n) is 17.6. The highest BCUT2D eigenvalue weighted by Crippen LogP contribution is 2.34. The molecule has 6 heteroatoms. The molecule has 3 aromatic rings. The molecule has 4 rings (SSSR count). The minimum Gasteiger partial charge on any atom is -0.495 e. The third kappa shape index (κ3) is 4.69. The van der Waals surface area contributed by atoms with Gasteiger partial charge in [-0.15, -0.1) is 0 Å². The Hall–Kier alpha value is -3.80. The molecule has 31 heavy (non-hydrogen) atoms. The summed E-state index contributed by atoms with van der Waals surface area (Å²) in [6.07, 6.45) is 0.177. The highest BCUT2D eigenvalue weighted by Gasteiger charge is 2.36. The SMILES string of the molecule is COc1ccc(C)cc1N1CC(C(=O)Nc2ccc(Nc3ccccc3)cc2)CC1=O. The molecule has 0 aliphatic carbocycles. The fourth-order valence-electron chi connectivity index (χ4n) is 3.70. The normalized spacial score (nSPS) is 15.6. The molecular formula is C25H25N3O3. The van der Waals surface area contributed by atoms with Gasteiger partial charge in [0.05, 0.1) is 18.7 Å². The van der Waals surface area contributed by atoms with E-state index in [1.54, 1.807) is 12.0 Å². The number of anilines is 4. The number of nitrogens with one attached hydrogen (secondary N) is 2. The standard InChI is InChI=1S/C25H25N3O3/c1-17-8-13-23(31-2)22(14-17)28-16-18(15-24(28)29)25(30)27-21-11-9-20(10-12-21)26-19-6-4-3-5-7-19/h3-14,18,26H,15-16H2,1-2H3,(H,27,30). The van der Waals surface area contributed by atoms with Gasteiger partial charge in [-0.2, -0.15) is 0 Å². The molecule has 0 spiro atoms. The van der Waals surface area contributed by atoms with E-state index < -0.39 is 5.92 Å². The van der Waals surface area contributed by atoms with Crippen molar-refractivity contribution in [3.05, 3.63) is 78.4 Å². The molecule has 6 nitrogen and oxygen atoms in total. The molecule has 2 N–H and O–H groups in total. The Morgan fingerprint density at radius 3 is 2.35 bits per heavy atom. The topological polar surface area (TPSA) is 70.7 Å². The van der Waals surface area contributed by atoms with Gasteiger partial charge in [-0.1, -0.05) is 24.3 Å². The van der Waals surface area contributed by atoms with E-state index in [0.29, 0.717) is 23.7 Å². The summed E-state index contributed by atoms with van der Waals surface area (Å²) in [4.78, 5) is 27.1. The average molecular weight is 415 g/mol. The van der Waals surface area contributed by atoms with E-state index in [1.165, 1.54) is 0 Å². The first-order valence-corrected chi connectivity index (χ1v) is 10.2. The van der Waals surface area contributed by atoms with Gasteiger partial charge < -0.3 is 20.3 Å². The second-order valence-electron chi connectivity index (χ2n) is 7.64. The lowest BCUT2D eigenvalue weighted by Crippen LogP contribution is -2.28. The van der Waals surface area contributed by atoms with Crippen LogP contribution in [0.15, 0.2) is 72.8 Å². The molecule has 3 aromatic carbocycles. The van der Waals surface area contributed by atoms with Crippen molar-refractivity contribution in [3.63, 3.8) is 0 Å². The Kier molecular flexibility index (Phi) is 5.89. The minimum atomic E-state index is -0.417. The number of ether oxygens (including phenoxy) is 1. The number of hydrogen-bond acceptors (Lipinski definition) is 4. The summed E-state index contributed by atoms with van der Waals surface area (Å²) in [6, 6.07) is 23.1. The molecule has 1 aliphatic heterocycles.